The van der Waals surface area contributed by atoms with Crippen molar-refractivity contribution in [3.05, 3.63) is 101 Å². The second-order valence-electron chi connectivity index (χ2n) is 9.28. The van der Waals surface area contributed by atoms with Crippen LogP contribution in [0.25, 0.3) is 11.3 Å². The number of benzene rings is 3. The highest BCUT2D eigenvalue weighted by molar-refractivity contribution is 7.91. The molecule has 0 bridgehead atoms. The monoisotopic (exact) mass is 561 g/mol. The van der Waals surface area contributed by atoms with Crippen molar-refractivity contribution >= 4 is 33.1 Å². The third-order valence-electron chi connectivity index (χ3n) is 6.68. The Morgan fingerprint density at radius 3 is 2.42 bits per heavy atom. The lowest BCUT2D eigenvalue weighted by molar-refractivity contribution is -0.117. The Labute approximate surface area is 227 Å². The van der Waals surface area contributed by atoms with Gasteiger partial charge >= 0.3 is 0 Å². The van der Waals surface area contributed by atoms with E-state index in [0.717, 1.165) is 0 Å². The largest absolute Gasteiger partial charge is 0.322 e. The summed E-state index contributed by atoms with van der Waals surface area (Å²) >= 11 is 0. The molecule has 2 aliphatic rings. The molecule has 202 valence electrons. The van der Waals surface area contributed by atoms with E-state index in [1.165, 1.54) is 41.1 Å². The highest BCUT2D eigenvalue weighted by Gasteiger charge is 2.37. The summed E-state index contributed by atoms with van der Waals surface area (Å²) in [6, 6.07) is 18.5. The highest BCUT2D eigenvalue weighted by Crippen LogP contribution is 2.33. The molecule has 3 heterocycles. The minimum absolute atomic E-state index is 0.0713. The molecule has 9 nitrogen and oxygen atoms in total. The third-order valence-corrected chi connectivity index (χ3v) is 8.51. The van der Waals surface area contributed by atoms with E-state index in [-0.39, 0.29) is 52.0 Å². The van der Waals surface area contributed by atoms with Crippen molar-refractivity contribution in [2.24, 2.45) is 4.99 Å². The first-order chi connectivity index (χ1) is 19.2. The number of aryl methyl sites for hydroxylation is 1. The number of aromatic nitrogens is 2. The van der Waals surface area contributed by atoms with Crippen molar-refractivity contribution < 1.29 is 26.8 Å². The molecule has 0 aliphatic carbocycles. The Morgan fingerprint density at radius 2 is 1.65 bits per heavy atom. The lowest BCUT2D eigenvalue weighted by atomic mass is 10.0. The average Bonchev–Trinajstić information content (AvgIpc) is 3.27. The number of carbonyl (C=O) groups excluding carboxylic acids is 2. The molecular formula is C28H21F2N5O4S. The van der Waals surface area contributed by atoms with Gasteiger partial charge in [0.1, 0.15) is 22.9 Å². The number of sulfone groups is 1. The van der Waals surface area contributed by atoms with Crippen LogP contribution in [0.3, 0.4) is 0 Å². The second kappa shape index (κ2) is 9.79. The lowest BCUT2D eigenvalue weighted by Gasteiger charge is -2.17. The van der Waals surface area contributed by atoms with E-state index in [4.69, 9.17) is 0 Å². The first kappa shape index (κ1) is 25.6. The van der Waals surface area contributed by atoms with Gasteiger partial charge in [-0.25, -0.2) is 22.2 Å². The number of amides is 2. The van der Waals surface area contributed by atoms with Crippen LogP contribution in [0.5, 0.6) is 0 Å². The predicted molar refractivity (Wildman–Crippen MR) is 143 cm³/mol. The molecule has 1 atom stereocenters. The number of fused-ring (bicyclic) bond motifs is 2. The van der Waals surface area contributed by atoms with E-state index in [9.17, 15) is 26.8 Å². The summed E-state index contributed by atoms with van der Waals surface area (Å²) in [4.78, 5) is 31.5. The summed E-state index contributed by atoms with van der Waals surface area (Å²) in [6.45, 7) is 0.206. The minimum atomic E-state index is -3.95. The summed E-state index contributed by atoms with van der Waals surface area (Å²) in [5.74, 6) is -3.45. The fourth-order valence-electron chi connectivity index (χ4n) is 4.88. The maximum absolute atomic E-state index is 14.8. The summed E-state index contributed by atoms with van der Waals surface area (Å²) < 4.78 is 57.0. The standard InChI is InChI=1S/C28H21F2N5O4S/c29-19-12-5-4-10-17(19)24-21(28-35(34-24)14-7-15-40(28,38)39)26(36)33-25-27(37)32-23-18(11-6-13-20(23)30)22(31-25)16-8-2-1-3-9-16/h1-6,8-13,25H,7,14-15H2,(H,32,37)(H,33,36)/t25-/m1/s1. The molecule has 40 heavy (non-hydrogen) atoms. The molecule has 2 aliphatic heterocycles. The molecule has 0 spiro atoms. The van der Waals surface area contributed by atoms with Crippen molar-refractivity contribution in [2.45, 2.75) is 24.2 Å². The number of hydrogen-bond donors (Lipinski definition) is 2. The number of hydrogen-bond acceptors (Lipinski definition) is 6. The molecule has 1 aromatic heterocycles. The zero-order valence-electron chi connectivity index (χ0n) is 20.8. The maximum atomic E-state index is 14.8. The van der Waals surface area contributed by atoms with Crippen molar-refractivity contribution in [1.29, 1.82) is 0 Å². The number of nitrogens with zero attached hydrogens (tertiary/aromatic N) is 3. The predicted octanol–water partition coefficient (Wildman–Crippen LogP) is 3.55. The number of aliphatic imine (C=N–C) groups is 1. The van der Waals surface area contributed by atoms with Gasteiger partial charge in [-0.3, -0.25) is 14.3 Å². The van der Waals surface area contributed by atoms with E-state index in [2.05, 4.69) is 20.7 Å². The summed E-state index contributed by atoms with van der Waals surface area (Å²) in [7, 11) is -3.95. The van der Waals surface area contributed by atoms with Gasteiger partial charge in [-0.1, -0.05) is 54.6 Å². The number of para-hydroxylation sites is 1. The summed E-state index contributed by atoms with van der Waals surface area (Å²) in [5.41, 5.74) is 0.352. The average molecular weight is 562 g/mol. The number of rotatable bonds is 4. The molecule has 2 N–H and O–H groups in total. The zero-order valence-corrected chi connectivity index (χ0v) is 21.6. The smallest absolute Gasteiger partial charge is 0.269 e. The van der Waals surface area contributed by atoms with Gasteiger partial charge in [0.05, 0.1) is 17.2 Å². The van der Waals surface area contributed by atoms with Gasteiger partial charge in [-0.15, -0.1) is 0 Å². The van der Waals surface area contributed by atoms with Crippen molar-refractivity contribution in [3.8, 4) is 11.3 Å². The molecule has 12 heteroatoms. The van der Waals surface area contributed by atoms with E-state index < -0.39 is 39.5 Å². The first-order valence-corrected chi connectivity index (χ1v) is 14.0. The van der Waals surface area contributed by atoms with Crippen LogP contribution >= 0.6 is 0 Å². The van der Waals surface area contributed by atoms with Crippen LogP contribution in [0.1, 0.15) is 27.9 Å². The number of anilines is 1. The van der Waals surface area contributed by atoms with E-state index >= 15 is 0 Å². The molecule has 0 fully saturated rings. The Balaban J connectivity index is 1.48. The molecule has 0 radical (unpaired) electrons. The number of nitrogens with one attached hydrogen (secondary N) is 2. The quantitative estimate of drug-likeness (QED) is 0.395. The maximum Gasteiger partial charge on any atom is 0.269 e. The normalized spacial score (nSPS) is 17.6. The molecule has 3 aromatic carbocycles. The van der Waals surface area contributed by atoms with Gasteiger partial charge in [0, 0.05) is 23.2 Å². The molecule has 2 amide bonds. The van der Waals surface area contributed by atoms with Crippen LogP contribution in [-0.2, 0) is 21.2 Å². The Hall–Kier alpha value is -4.71. The van der Waals surface area contributed by atoms with Gasteiger partial charge < -0.3 is 10.6 Å². The lowest BCUT2D eigenvalue weighted by Crippen LogP contribution is -2.43. The van der Waals surface area contributed by atoms with Crippen LogP contribution in [0.4, 0.5) is 14.5 Å². The van der Waals surface area contributed by atoms with E-state index in [1.54, 1.807) is 36.4 Å². The van der Waals surface area contributed by atoms with Crippen molar-refractivity contribution in [2.75, 3.05) is 11.1 Å². The molecule has 4 aromatic rings. The van der Waals surface area contributed by atoms with Gasteiger partial charge in [0.15, 0.2) is 14.9 Å². The highest BCUT2D eigenvalue weighted by atomic mass is 32.2. The van der Waals surface area contributed by atoms with Crippen LogP contribution < -0.4 is 10.6 Å². The minimum Gasteiger partial charge on any atom is -0.322 e. The molecular weight excluding hydrogens is 540 g/mol. The SMILES string of the molecule is O=C(N[C@H]1N=C(c2ccccc2)c2cccc(F)c2NC1=O)c1c(-c2ccccc2F)nn2c1S(=O)(=O)CCC2. The molecule has 6 rings (SSSR count). The van der Waals surface area contributed by atoms with Crippen LogP contribution in [-0.4, -0.2) is 47.6 Å². The Kier molecular flexibility index (Phi) is 6.26. The zero-order chi connectivity index (χ0) is 28.0. The topological polar surface area (TPSA) is 123 Å². The Morgan fingerprint density at radius 1 is 0.950 bits per heavy atom. The van der Waals surface area contributed by atoms with Crippen LogP contribution in [0.2, 0.25) is 0 Å². The van der Waals surface area contributed by atoms with Gasteiger partial charge in [0.2, 0.25) is 6.17 Å². The second-order valence-corrected chi connectivity index (χ2v) is 11.3. The van der Waals surface area contributed by atoms with Gasteiger partial charge in [-0.05, 0) is 24.6 Å². The fraction of sp³-hybridized carbons (Fsp3) is 0.143. The van der Waals surface area contributed by atoms with Gasteiger partial charge in [-0.2, -0.15) is 5.10 Å². The number of benzodiazepines with no additional fused rings is 1. The molecule has 0 saturated carbocycles. The van der Waals surface area contributed by atoms with Crippen LogP contribution in [0.15, 0.2) is 82.8 Å². The molecule has 0 unspecified atom stereocenters. The van der Waals surface area contributed by atoms with E-state index in [0.29, 0.717) is 11.1 Å². The van der Waals surface area contributed by atoms with Crippen molar-refractivity contribution in [3.63, 3.8) is 0 Å². The third kappa shape index (κ3) is 4.35. The Bertz CT molecular complexity index is 1820. The number of halogens is 2. The summed E-state index contributed by atoms with van der Waals surface area (Å²) in [5, 5.41) is 8.89. The van der Waals surface area contributed by atoms with Crippen LogP contribution in [0, 0.1) is 11.6 Å². The molecule has 0 saturated heterocycles. The summed E-state index contributed by atoms with van der Waals surface area (Å²) in [6.07, 6.45) is -1.31. The van der Waals surface area contributed by atoms with Gasteiger partial charge in [0.25, 0.3) is 11.8 Å². The van der Waals surface area contributed by atoms with Crippen molar-refractivity contribution in [1.82, 2.24) is 15.1 Å². The fourth-order valence-corrected chi connectivity index (χ4v) is 6.54. The first-order valence-electron chi connectivity index (χ1n) is 12.4. The number of carbonyl (C=O) groups is 2. The van der Waals surface area contributed by atoms with E-state index in [1.807, 2.05) is 0 Å².